The van der Waals surface area contributed by atoms with Gasteiger partial charge in [0, 0.05) is 12.8 Å². The third kappa shape index (κ3) is 7.71. The van der Waals surface area contributed by atoms with Crippen LogP contribution in [-0.4, -0.2) is 46.0 Å². The van der Waals surface area contributed by atoms with Crippen molar-refractivity contribution in [1.82, 2.24) is 5.32 Å². The van der Waals surface area contributed by atoms with Crippen LogP contribution in [-0.2, 0) is 19.2 Å². The monoisotopic (exact) mass is 275 g/mol. The topological polar surface area (TPSA) is 173 Å². The van der Waals surface area contributed by atoms with Crippen LogP contribution in [0.1, 0.15) is 25.7 Å². The van der Waals surface area contributed by atoms with Gasteiger partial charge in [-0.15, -0.1) is 0 Å². The molecule has 1 saturated heterocycles. The molecule has 0 aromatic rings. The third-order valence-electron chi connectivity index (χ3n) is 2.31. The predicted octanol–water partition coefficient (Wildman–Crippen LogP) is -1.99. The van der Waals surface area contributed by atoms with E-state index in [2.05, 4.69) is 5.32 Å². The lowest BCUT2D eigenvalue weighted by Gasteiger charge is -2.01. The van der Waals surface area contributed by atoms with Gasteiger partial charge in [-0.1, -0.05) is 0 Å². The van der Waals surface area contributed by atoms with Crippen LogP contribution < -0.4 is 16.8 Å². The number of carboxylic acids is 2. The van der Waals surface area contributed by atoms with E-state index >= 15 is 0 Å². The number of carboxylic acid groups (broad SMARTS) is 2. The summed E-state index contributed by atoms with van der Waals surface area (Å²) in [6.45, 7) is 0. The van der Waals surface area contributed by atoms with Crippen LogP contribution in [0.2, 0.25) is 0 Å². The van der Waals surface area contributed by atoms with E-state index in [4.69, 9.17) is 21.7 Å². The van der Waals surface area contributed by atoms with Gasteiger partial charge in [-0.3, -0.25) is 14.4 Å². The van der Waals surface area contributed by atoms with Crippen molar-refractivity contribution >= 4 is 23.8 Å². The van der Waals surface area contributed by atoms with Crippen LogP contribution in [0.25, 0.3) is 0 Å². The highest BCUT2D eigenvalue weighted by molar-refractivity contribution is 5.87. The van der Waals surface area contributed by atoms with Crippen molar-refractivity contribution in [2.45, 2.75) is 37.8 Å². The summed E-state index contributed by atoms with van der Waals surface area (Å²) in [5, 5.41) is 18.8. The molecule has 1 aliphatic rings. The number of primary amides is 1. The Morgan fingerprint density at radius 3 is 2.21 bits per heavy atom. The first-order valence-corrected chi connectivity index (χ1v) is 5.53. The molecule has 1 rings (SSSR count). The Bertz CT molecular complexity index is 370. The Kier molecular flexibility index (Phi) is 7.12. The quantitative estimate of drug-likeness (QED) is 0.386. The van der Waals surface area contributed by atoms with Crippen LogP contribution in [0.5, 0.6) is 0 Å². The van der Waals surface area contributed by atoms with Gasteiger partial charge >= 0.3 is 11.9 Å². The molecule has 9 heteroatoms. The van der Waals surface area contributed by atoms with E-state index in [0.29, 0.717) is 12.8 Å². The van der Waals surface area contributed by atoms with E-state index in [1.54, 1.807) is 0 Å². The maximum Gasteiger partial charge on any atom is 0.326 e. The Morgan fingerprint density at radius 1 is 1.37 bits per heavy atom. The molecule has 1 aliphatic heterocycles. The maximum atomic E-state index is 10.4. The summed E-state index contributed by atoms with van der Waals surface area (Å²) in [5.41, 5.74) is 9.81. The van der Waals surface area contributed by atoms with E-state index in [1.807, 2.05) is 0 Å². The summed E-state index contributed by atoms with van der Waals surface area (Å²) in [6, 6.07) is -1.62. The molecule has 0 aromatic heterocycles. The Balaban J connectivity index is 0.000000342. The fourth-order valence-electron chi connectivity index (χ4n) is 1.22. The number of nitrogens with two attached hydrogens (primary N) is 2. The minimum absolute atomic E-state index is 0.0213. The van der Waals surface area contributed by atoms with E-state index in [-0.39, 0.29) is 18.7 Å². The first-order valence-electron chi connectivity index (χ1n) is 5.53. The summed E-state index contributed by atoms with van der Waals surface area (Å²) in [4.78, 5) is 40.7. The van der Waals surface area contributed by atoms with E-state index in [1.165, 1.54) is 0 Å². The number of amides is 2. The fourth-order valence-corrected chi connectivity index (χ4v) is 1.22. The predicted molar refractivity (Wildman–Crippen MR) is 62.8 cm³/mol. The molecule has 2 atom stereocenters. The largest absolute Gasteiger partial charge is 0.480 e. The molecular formula is C10H17N3O6. The maximum absolute atomic E-state index is 10.4. The molecule has 0 aliphatic carbocycles. The summed E-state index contributed by atoms with van der Waals surface area (Å²) < 4.78 is 0. The highest BCUT2D eigenvalue weighted by Gasteiger charge is 2.26. The lowest BCUT2D eigenvalue weighted by atomic mass is 10.2. The molecule has 7 N–H and O–H groups in total. The van der Waals surface area contributed by atoms with Crippen molar-refractivity contribution in [1.29, 1.82) is 0 Å². The fraction of sp³-hybridized carbons (Fsp3) is 0.600. The zero-order valence-electron chi connectivity index (χ0n) is 10.2. The Morgan fingerprint density at radius 2 is 1.95 bits per heavy atom. The van der Waals surface area contributed by atoms with Gasteiger partial charge in [0.15, 0.2) is 0 Å². The zero-order chi connectivity index (χ0) is 15.0. The van der Waals surface area contributed by atoms with E-state index < -0.39 is 29.9 Å². The standard InChI is InChI=1S/C5H10N2O3.C5H7NO3/c6-3(5(9)10)1-2-4(7)8;7-4-2-1-3(6-4)5(8)9/h3H,1-2,6H2,(H2,7,8)(H,9,10);3H,1-2H2,(H,6,7)(H,8,9)/t2*3-/m00/s1. The molecular weight excluding hydrogens is 258 g/mol. The van der Waals surface area contributed by atoms with Gasteiger partial charge in [-0.05, 0) is 12.8 Å². The Labute approximate surface area is 108 Å². The molecule has 2 amide bonds. The number of rotatable bonds is 5. The molecule has 0 saturated carbocycles. The molecule has 0 bridgehead atoms. The molecule has 108 valence electrons. The normalized spacial score (nSPS) is 18.8. The van der Waals surface area contributed by atoms with Crippen molar-refractivity contribution in [2.75, 3.05) is 0 Å². The molecule has 0 aromatic carbocycles. The molecule has 0 unspecified atom stereocenters. The molecule has 9 nitrogen and oxygen atoms in total. The van der Waals surface area contributed by atoms with Gasteiger partial charge in [-0.2, -0.15) is 0 Å². The summed E-state index contributed by atoms with van der Waals surface area (Å²) in [5.74, 6) is -2.75. The van der Waals surface area contributed by atoms with Gasteiger partial charge in [0.25, 0.3) is 0 Å². The first kappa shape index (κ1) is 16.8. The van der Waals surface area contributed by atoms with Crippen molar-refractivity contribution < 1.29 is 29.4 Å². The lowest BCUT2D eigenvalue weighted by molar-refractivity contribution is -0.140. The minimum atomic E-state index is -1.11. The molecule has 1 heterocycles. The van der Waals surface area contributed by atoms with Crippen LogP contribution in [0.15, 0.2) is 0 Å². The molecule has 0 spiro atoms. The number of carbonyl (C=O) groups excluding carboxylic acids is 2. The van der Waals surface area contributed by atoms with Gasteiger partial charge in [0.05, 0.1) is 0 Å². The lowest BCUT2D eigenvalue weighted by Crippen LogP contribution is -2.32. The minimum Gasteiger partial charge on any atom is -0.480 e. The first-order chi connectivity index (χ1) is 8.73. The summed E-state index contributed by atoms with van der Waals surface area (Å²) >= 11 is 0. The van der Waals surface area contributed by atoms with Gasteiger partial charge < -0.3 is 27.0 Å². The Hall–Kier alpha value is -2.16. The van der Waals surface area contributed by atoms with Crippen molar-refractivity contribution in [3.05, 3.63) is 0 Å². The molecule has 1 fully saturated rings. The van der Waals surface area contributed by atoms with Crippen LogP contribution >= 0.6 is 0 Å². The summed E-state index contributed by atoms with van der Waals surface area (Å²) in [7, 11) is 0. The number of hydrogen-bond acceptors (Lipinski definition) is 5. The van der Waals surface area contributed by atoms with E-state index in [9.17, 15) is 19.2 Å². The van der Waals surface area contributed by atoms with Crippen molar-refractivity contribution in [2.24, 2.45) is 11.5 Å². The van der Waals surface area contributed by atoms with E-state index in [0.717, 1.165) is 0 Å². The SMILES string of the molecule is NC(=O)CC[C@H](N)C(=O)O.O=C1CC[C@@H](C(=O)O)N1. The number of nitrogens with one attached hydrogen (secondary N) is 1. The van der Waals surface area contributed by atoms with Gasteiger partial charge in [0.2, 0.25) is 11.8 Å². The average molecular weight is 275 g/mol. The van der Waals surface area contributed by atoms with Gasteiger partial charge in [0.1, 0.15) is 12.1 Å². The number of carbonyl (C=O) groups is 4. The molecule has 0 radical (unpaired) electrons. The highest BCUT2D eigenvalue weighted by atomic mass is 16.4. The second kappa shape index (κ2) is 8.03. The highest BCUT2D eigenvalue weighted by Crippen LogP contribution is 2.05. The van der Waals surface area contributed by atoms with Crippen molar-refractivity contribution in [3.63, 3.8) is 0 Å². The van der Waals surface area contributed by atoms with Gasteiger partial charge in [-0.25, -0.2) is 4.79 Å². The average Bonchev–Trinajstić information content (AvgIpc) is 2.73. The second-order valence-corrected chi connectivity index (χ2v) is 3.95. The van der Waals surface area contributed by atoms with Crippen LogP contribution in [0.3, 0.4) is 0 Å². The summed E-state index contributed by atoms with van der Waals surface area (Å²) in [6.07, 6.45) is 0.892. The number of aliphatic carboxylic acids is 2. The number of hydrogen-bond donors (Lipinski definition) is 5. The van der Waals surface area contributed by atoms with Crippen LogP contribution in [0.4, 0.5) is 0 Å². The second-order valence-electron chi connectivity index (χ2n) is 3.95. The smallest absolute Gasteiger partial charge is 0.326 e. The third-order valence-corrected chi connectivity index (χ3v) is 2.31. The molecule has 19 heavy (non-hydrogen) atoms. The zero-order valence-corrected chi connectivity index (χ0v) is 10.2. The van der Waals surface area contributed by atoms with Crippen LogP contribution in [0, 0.1) is 0 Å². The van der Waals surface area contributed by atoms with Crippen molar-refractivity contribution in [3.8, 4) is 0 Å².